The summed E-state index contributed by atoms with van der Waals surface area (Å²) in [7, 11) is 1.46. The normalized spacial score (nSPS) is 12.4. The molecule has 0 aliphatic carbocycles. The zero-order chi connectivity index (χ0) is 20.7. The topological polar surface area (TPSA) is 47.6 Å². The van der Waals surface area contributed by atoms with Gasteiger partial charge >= 0.3 is 6.18 Å². The summed E-state index contributed by atoms with van der Waals surface area (Å²) < 4.78 is 50.8. The maximum atomic E-state index is 13.4. The number of thioether (sulfide) groups is 1. The lowest BCUT2D eigenvalue weighted by Gasteiger charge is -2.17. The highest BCUT2D eigenvalue weighted by Crippen LogP contribution is 2.38. The van der Waals surface area contributed by atoms with Crippen LogP contribution in [0.1, 0.15) is 25.8 Å². The molecule has 0 saturated carbocycles. The van der Waals surface area contributed by atoms with Crippen molar-refractivity contribution in [2.45, 2.75) is 36.6 Å². The van der Waals surface area contributed by atoms with Crippen LogP contribution in [0.2, 0.25) is 0 Å². The van der Waals surface area contributed by atoms with Crippen molar-refractivity contribution in [3.8, 4) is 11.5 Å². The van der Waals surface area contributed by atoms with Crippen molar-refractivity contribution in [2.75, 3.05) is 19.0 Å². The number of para-hydroxylation sites is 2. The van der Waals surface area contributed by atoms with E-state index in [9.17, 15) is 18.0 Å². The summed E-state index contributed by atoms with van der Waals surface area (Å²) in [5, 5.41) is 2.48. The van der Waals surface area contributed by atoms with Gasteiger partial charge in [0.2, 0.25) is 0 Å². The van der Waals surface area contributed by atoms with Crippen LogP contribution in [0.5, 0.6) is 11.5 Å². The van der Waals surface area contributed by atoms with Gasteiger partial charge in [-0.15, -0.1) is 11.8 Å². The number of alkyl halides is 3. The fourth-order valence-corrected chi connectivity index (χ4v) is 3.29. The number of halogens is 3. The summed E-state index contributed by atoms with van der Waals surface area (Å²) >= 11 is 1.36. The Kier molecular flexibility index (Phi) is 7.62. The number of carbonyl (C=O) groups is 1. The van der Waals surface area contributed by atoms with Gasteiger partial charge in [-0.05, 0) is 36.8 Å². The molecule has 0 aliphatic rings. The maximum Gasteiger partial charge on any atom is 0.418 e. The van der Waals surface area contributed by atoms with Crippen LogP contribution in [0.15, 0.2) is 47.4 Å². The number of anilines is 1. The van der Waals surface area contributed by atoms with Crippen LogP contribution in [-0.4, -0.2) is 24.9 Å². The molecule has 28 heavy (non-hydrogen) atoms. The van der Waals surface area contributed by atoms with E-state index >= 15 is 0 Å². The van der Waals surface area contributed by atoms with Crippen LogP contribution in [0.25, 0.3) is 0 Å². The molecule has 0 aromatic heterocycles. The standard InChI is InChI=1S/C20H22F3NO3S/c1-4-13(2)28-14-9-10-16(15(11-14)20(21,22)23)24-19(25)12-27-18-8-6-5-7-17(18)26-3/h5-11,13H,4,12H2,1-3H3,(H,24,25)/t13-/m0/s1. The van der Waals surface area contributed by atoms with Gasteiger partial charge in [0, 0.05) is 10.1 Å². The fraction of sp³-hybridized carbons (Fsp3) is 0.350. The second-order valence-corrected chi connectivity index (χ2v) is 7.54. The molecule has 2 aromatic carbocycles. The molecule has 0 saturated heterocycles. The number of carbonyl (C=O) groups excluding carboxylic acids is 1. The number of methoxy groups -OCH3 is 1. The predicted octanol–water partition coefficient (Wildman–Crippen LogP) is 5.62. The average molecular weight is 413 g/mol. The van der Waals surface area contributed by atoms with E-state index in [1.807, 2.05) is 13.8 Å². The third kappa shape index (κ3) is 6.09. The number of benzene rings is 2. The minimum Gasteiger partial charge on any atom is -0.493 e. The van der Waals surface area contributed by atoms with Crippen molar-refractivity contribution in [1.29, 1.82) is 0 Å². The van der Waals surface area contributed by atoms with Gasteiger partial charge in [0.05, 0.1) is 18.4 Å². The summed E-state index contributed by atoms with van der Waals surface area (Å²) in [4.78, 5) is 12.6. The van der Waals surface area contributed by atoms with Gasteiger partial charge < -0.3 is 14.8 Å². The lowest BCUT2D eigenvalue weighted by Crippen LogP contribution is -2.22. The Hall–Kier alpha value is -2.35. The van der Waals surface area contributed by atoms with Crippen LogP contribution >= 0.6 is 11.8 Å². The number of hydrogen-bond acceptors (Lipinski definition) is 4. The molecule has 4 nitrogen and oxygen atoms in total. The smallest absolute Gasteiger partial charge is 0.418 e. The van der Waals surface area contributed by atoms with E-state index in [4.69, 9.17) is 9.47 Å². The van der Waals surface area contributed by atoms with E-state index < -0.39 is 24.3 Å². The molecule has 2 rings (SSSR count). The monoisotopic (exact) mass is 413 g/mol. The van der Waals surface area contributed by atoms with Crippen LogP contribution < -0.4 is 14.8 Å². The molecule has 0 unspecified atom stereocenters. The first-order valence-electron chi connectivity index (χ1n) is 8.68. The van der Waals surface area contributed by atoms with Crippen molar-refractivity contribution in [2.24, 2.45) is 0 Å². The Bertz CT molecular complexity index is 812. The maximum absolute atomic E-state index is 13.4. The van der Waals surface area contributed by atoms with Crippen molar-refractivity contribution < 1.29 is 27.4 Å². The second-order valence-electron chi connectivity index (χ2n) is 6.03. The van der Waals surface area contributed by atoms with Crippen LogP contribution in [0, 0.1) is 0 Å². The number of nitrogens with one attached hydrogen (secondary N) is 1. The minimum absolute atomic E-state index is 0.191. The Labute approximate surface area is 166 Å². The minimum atomic E-state index is -4.59. The van der Waals surface area contributed by atoms with E-state index in [0.717, 1.165) is 12.5 Å². The number of amides is 1. The third-order valence-electron chi connectivity index (χ3n) is 3.91. The van der Waals surface area contributed by atoms with Gasteiger partial charge in [-0.3, -0.25) is 4.79 Å². The zero-order valence-corrected chi connectivity index (χ0v) is 16.6. The highest BCUT2D eigenvalue weighted by atomic mass is 32.2. The summed E-state index contributed by atoms with van der Waals surface area (Å²) in [5.41, 5.74) is -1.18. The highest BCUT2D eigenvalue weighted by molar-refractivity contribution is 7.99. The number of rotatable bonds is 8. The second kappa shape index (κ2) is 9.73. The Balaban J connectivity index is 2.12. The van der Waals surface area contributed by atoms with Gasteiger partial charge in [0.15, 0.2) is 18.1 Å². The van der Waals surface area contributed by atoms with Crippen LogP contribution in [0.4, 0.5) is 18.9 Å². The number of ether oxygens (including phenoxy) is 2. The van der Waals surface area contributed by atoms with E-state index in [-0.39, 0.29) is 10.9 Å². The summed E-state index contributed by atoms with van der Waals surface area (Å²) in [6.07, 6.45) is -3.75. The van der Waals surface area contributed by atoms with Gasteiger partial charge in [0.1, 0.15) is 0 Å². The van der Waals surface area contributed by atoms with E-state index in [2.05, 4.69) is 5.32 Å². The van der Waals surface area contributed by atoms with Crippen LogP contribution in [0.3, 0.4) is 0 Å². The lowest BCUT2D eigenvalue weighted by atomic mass is 10.1. The fourth-order valence-electron chi connectivity index (χ4n) is 2.32. The van der Waals surface area contributed by atoms with Gasteiger partial charge in [0.25, 0.3) is 5.91 Å². The first-order valence-corrected chi connectivity index (χ1v) is 9.56. The van der Waals surface area contributed by atoms with E-state index in [0.29, 0.717) is 16.4 Å². The molecule has 1 N–H and O–H groups in total. The Morgan fingerprint density at radius 2 is 1.86 bits per heavy atom. The van der Waals surface area contributed by atoms with Crippen LogP contribution in [-0.2, 0) is 11.0 Å². The largest absolute Gasteiger partial charge is 0.493 e. The molecule has 0 spiro atoms. The molecule has 0 bridgehead atoms. The van der Waals surface area contributed by atoms with E-state index in [1.165, 1.54) is 24.9 Å². The molecular formula is C20H22F3NO3S. The molecule has 1 amide bonds. The first-order chi connectivity index (χ1) is 13.2. The zero-order valence-electron chi connectivity index (χ0n) is 15.8. The molecular weight excluding hydrogens is 391 g/mol. The molecule has 0 fully saturated rings. The lowest BCUT2D eigenvalue weighted by molar-refractivity contribution is -0.137. The molecule has 152 valence electrons. The number of hydrogen-bond donors (Lipinski definition) is 1. The molecule has 0 radical (unpaired) electrons. The van der Waals surface area contributed by atoms with E-state index in [1.54, 1.807) is 30.3 Å². The first kappa shape index (κ1) is 21.9. The van der Waals surface area contributed by atoms with Gasteiger partial charge in [-0.2, -0.15) is 13.2 Å². The summed E-state index contributed by atoms with van der Waals surface area (Å²) in [5.74, 6) is 0.0629. The molecule has 1 atom stereocenters. The van der Waals surface area contributed by atoms with Crippen molar-refractivity contribution in [3.63, 3.8) is 0 Å². The van der Waals surface area contributed by atoms with Gasteiger partial charge in [-0.25, -0.2) is 0 Å². The molecule has 2 aromatic rings. The summed E-state index contributed by atoms with van der Waals surface area (Å²) in [6, 6.07) is 10.6. The van der Waals surface area contributed by atoms with Crippen molar-refractivity contribution in [1.82, 2.24) is 0 Å². The molecule has 0 heterocycles. The van der Waals surface area contributed by atoms with Crippen molar-refractivity contribution >= 4 is 23.4 Å². The quantitative estimate of drug-likeness (QED) is 0.571. The Morgan fingerprint density at radius 3 is 2.46 bits per heavy atom. The van der Waals surface area contributed by atoms with Crippen molar-refractivity contribution in [3.05, 3.63) is 48.0 Å². The average Bonchev–Trinajstić information content (AvgIpc) is 2.66. The summed E-state index contributed by atoms with van der Waals surface area (Å²) in [6.45, 7) is 3.47. The Morgan fingerprint density at radius 1 is 1.18 bits per heavy atom. The third-order valence-corrected chi connectivity index (χ3v) is 5.17. The highest BCUT2D eigenvalue weighted by Gasteiger charge is 2.34. The molecule has 8 heteroatoms. The molecule has 0 aliphatic heterocycles. The van der Waals surface area contributed by atoms with Gasteiger partial charge in [-0.1, -0.05) is 26.0 Å². The SMILES string of the molecule is CC[C@H](C)Sc1ccc(NC(=O)COc2ccccc2OC)c(C(F)(F)F)c1. The predicted molar refractivity (Wildman–Crippen MR) is 104 cm³/mol.